The summed E-state index contributed by atoms with van der Waals surface area (Å²) in [6.07, 6.45) is -10.0. The van der Waals surface area contributed by atoms with Crippen molar-refractivity contribution in [1.82, 2.24) is 0 Å². The van der Waals surface area contributed by atoms with Crippen molar-refractivity contribution < 1.29 is 79.2 Å². The number of allylic oxidation sites excluding steroid dienone is 2. The summed E-state index contributed by atoms with van der Waals surface area (Å²) in [6.45, 7) is 14.8. The Labute approximate surface area is 364 Å². The molecule has 3 heterocycles. The fraction of sp³-hybridized carbons (Fsp3) is 0.935. The molecular weight excluding hydrogens is 808 g/mol. The molecule has 16 nitrogen and oxygen atoms in total. The Morgan fingerprint density at radius 2 is 1.42 bits per heavy atom. The van der Waals surface area contributed by atoms with E-state index >= 15 is 0 Å². The summed E-state index contributed by atoms with van der Waals surface area (Å²) in [5.41, 5.74) is 0.670. The van der Waals surface area contributed by atoms with Crippen molar-refractivity contribution >= 4 is 5.97 Å². The molecule has 8 rings (SSSR count). The predicted octanol–water partition coefficient (Wildman–Crippen LogP) is 1.98. The minimum atomic E-state index is -1.80. The molecule has 23 atom stereocenters. The van der Waals surface area contributed by atoms with Crippen LogP contribution in [0.1, 0.15) is 113 Å². The van der Waals surface area contributed by atoms with Crippen LogP contribution in [0, 0.1) is 50.7 Å². The average molecular weight is 883 g/mol. The Hall–Kier alpha value is -1.35. The highest BCUT2D eigenvalue weighted by Gasteiger charge is 2.68. The van der Waals surface area contributed by atoms with E-state index in [0.29, 0.717) is 24.7 Å². The van der Waals surface area contributed by atoms with Crippen LogP contribution in [-0.2, 0) is 33.2 Å². The number of carboxylic acid groups (broad SMARTS) is 1. The standard InChI is InChI=1S/C46H74O16/c1-21-23-10-13-45(7)29(9-8-24-25-18-42(3,4)14-16-46(25,41(55)56)17-15-44(24,45)6)43(23,5)12-11-27(21)59-40-37(31(50)26(48)20-57-40)62-39-35(54)36(30(49)22(2)58-39)61-38-34(53)33(52)32(51)28(19-47)60-38/h8,21-23,25-40,47-54H,9-20H2,1-7H3,(H,55,56)/t21-,22+,23+,25-,26+,27+,28-,29+,30+,31-,32-,33-,34+,35+,36-,37+,38+,39-,40-,43+,44-,45-,46+/m1/s1. The normalized spacial score (nSPS) is 55.1. The molecule has 8 aliphatic rings. The van der Waals surface area contributed by atoms with Gasteiger partial charge in [-0.2, -0.15) is 0 Å². The van der Waals surface area contributed by atoms with Gasteiger partial charge in [-0.15, -0.1) is 0 Å². The molecule has 354 valence electrons. The maximum absolute atomic E-state index is 13.1. The second kappa shape index (κ2) is 16.8. The Bertz CT molecular complexity index is 1680. The topological polar surface area (TPSA) is 255 Å². The first-order valence-corrected chi connectivity index (χ1v) is 23.2. The van der Waals surface area contributed by atoms with E-state index in [-0.39, 0.29) is 46.2 Å². The van der Waals surface area contributed by atoms with Crippen molar-refractivity contribution in [3.05, 3.63) is 11.6 Å². The Morgan fingerprint density at radius 3 is 2.11 bits per heavy atom. The van der Waals surface area contributed by atoms with Crippen LogP contribution in [0.3, 0.4) is 0 Å². The number of fused-ring (bicyclic) bond motifs is 7. The zero-order chi connectivity index (χ0) is 45.1. The van der Waals surface area contributed by atoms with E-state index in [0.717, 1.165) is 51.4 Å². The SMILES string of the molecule is C[C@H]1[C@@H](O[C@H]2OC[C@H](O)[C@@H](O)[C@@H]2O[C@H]2O[C@@H](C)[C@H](O)[C@@H](O[C@@H]3O[C@H](CO)[C@@H](O)[C@@H](O)[C@@H]3O)[C@@H]2O)CC[C@@]2(C)[C@H]1CC[C@]1(C)[C@H]2CC=C2[C@H]3CC(C)(C)CC[C@]3(C(=O)O)CC[C@]21C. The summed E-state index contributed by atoms with van der Waals surface area (Å²) >= 11 is 0. The van der Waals surface area contributed by atoms with Gasteiger partial charge >= 0.3 is 5.97 Å². The lowest BCUT2D eigenvalue weighted by molar-refractivity contribution is -0.381. The van der Waals surface area contributed by atoms with E-state index in [1.165, 1.54) is 12.5 Å². The van der Waals surface area contributed by atoms with Crippen molar-refractivity contribution in [2.45, 2.75) is 205 Å². The molecule has 7 fully saturated rings. The minimum absolute atomic E-state index is 0.0103. The molecule has 0 amide bonds. The lowest BCUT2D eigenvalue weighted by Gasteiger charge is -2.70. The van der Waals surface area contributed by atoms with Crippen LogP contribution in [-0.4, -0.2) is 157 Å². The molecule has 0 spiro atoms. The van der Waals surface area contributed by atoms with Crippen molar-refractivity contribution in [1.29, 1.82) is 0 Å². The maximum atomic E-state index is 13.1. The molecule has 0 aromatic rings. The second-order valence-electron chi connectivity index (χ2n) is 22.2. The molecule has 0 aromatic carbocycles. The first kappa shape index (κ1) is 47.2. The summed E-state index contributed by atoms with van der Waals surface area (Å²) < 4.78 is 36.1. The van der Waals surface area contributed by atoms with Gasteiger partial charge in [-0.05, 0) is 116 Å². The van der Waals surface area contributed by atoms with E-state index in [1.807, 2.05) is 0 Å². The van der Waals surface area contributed by atoms with E-state index in [1.54, 1.807) is 0 Å². The number of carboxylic acids is 1. The zero-order valence-corrected chi connectivity index (χ0v) is 37.4. The van der Waals surface area contributed by atoms with Gasteiger partial charge in [0.25, 0.3) is 0 Å². The fourth-order valence-electron chi connectivity index (χ4n) is 14.4. The van der Waals surface area contributed by atoms with Crippen molar-refractivity contribution in [3.8, 4) is 0 Å². The van der Waals surface area contributed by atoms with Crippen LogP contribution in [0.5, 0.6) is 0 Å². The van der Waals surface area contributed by atoms with Gasteiger partial charge in [-0.3, -0.25) is 4.79 Å². The Balaban J connectivity index is 0.980. The number of rotatable bonds is 8. The third kappa shape index (κ3) is 7.37. The summed E-state index contributed by atoms with van der Waals surface area (Å²) in [6, 6.07) is 0. The number of aliphatic hydroxyl groups excluding tert-OH is 8. The molecule has 5 aliphatic carbocycles. The molecule has 3 saturated heterocycles. The van der Waals surface area contributed by atoms with Gasteiger partial charge < -0.3 is 74.4 Å². The lowest BCUT2D eigenvalue weighted by atomic mass is 9.34. The predicted molar refractivity (Wildman–Crippen MR) is 219 cm³/mol. The largest absolute Gasteiger partial charge is 0.481 e. The molecule has 62 heavy (non-hydrogen) atoms. The monoisotopic (exact) mass is 882 g/mol. The number of hydrogen-bond donors (Lipinski definition) is 9. The number of aliphatic carboxylic acids is 1. The van der Waals surface area contributed by atoms with Crippen LogP contribution >= 0.6 is 0 Å². The van der Waals surface area contributed by atoms with Crippen molar-refractivity contribution in [3.63, 3.8) is 0 Å². The smallest absolute Gasteiger partial charge is 0.310 e. The first-order valence-electron chi connectivity index (χ1n) is 23.2. The third-order valence-electron chi connectivity index (χ3n) is 18.5. The quantitative estimate of drug-likeness (QED) is 0.125. The molecule has 16 heteroatoms. The number of aliphatic hydroxyl groups is 8. The highest BCUT2D eigenvalue weighted by Crippen LogP contribution is 2.75. The van der Waals surface area contributed by atoms with E-state index in [4.69, 9.17) is 28.4 Å². The zero-order valence-electron chi connectivity index (χ0n) is 37.4. The van der Waals surface area contributed by atoms with Crippen LogP contribution in [0.25, 0.3) is 0 Å². The third-order valence-corrected chi connectivity index (χ3v) is 18.5. The molecule has 0 bridgehead atoms. The summed E-state index contributed by atoms with van der Waals surface area (Å²) in [5, 5.41) is 96.1. The number of hydrogen-bond acceptors (Lipinski definition) is 15. The van der Waals surface area contributed by atoms with Crippen LogP contribution in [0.4, 0.5) is 0 Å². The molecule has 9 N–H and O–H groups in total. The fourth-order valence-corrected chi connectivity index (χ4v) is 14.4. The van der Waals surface area contributed by atoms with Gasteiger partial charge in [0.05, 0.1) is 30.8 Å². The highest BCUT2D eigenvalue weighted by molar-refractivity contribution is 5.76. The molecule has 4 saturated carbocycles. The average Bonchev–Trinajstić information content (AvgIpc) is 3.21. The van der Waals surface area contributed by atoms with Crippen molar-refractivity contribution in [2.24, 2.45) is 50.7 Å². The van der Waals surface area contributed by atoms with E-state index in [2.05, 4.69) is 47.6 Å². The van der Waals surface area contributed by atoms with Crippen LogP contribution in [0.15, 0.2) is 11.6 Å². The highest BCUT2D eigenvalue weighted by atomic mass is 16.8. The van der Waals surface area contributed by atoms with Gasteiger partial charge in [0.2, 0.25) is 0 Å². The number of carbonyl (C=O) groups is 1. The summed E-state index contributed by atoms with van der Waals surface area (Å²) in [7, 11) is 0. The Morgan fingerprint density at radius 1 is 0.742 bits per heavy atom. The lowest BCUT2D eigenvalue weighted by Crippen LogP contribution is -2.65. The van der Waals surface area contributed by atoms with Gasteiger partial charge in [-0.1, -0.05) is 53.2 Å². The maximum Gasteiger partial charge on any atom is 0.310 e. The van der Waals surface area contributed by atoms with Gasteiger partial charge in [0, 0.05) is 0 Å². The van der Waals surface area contributed by atoms with Gasteiger partial charge in [0.1, 0.15) is 61.0 Å². The minimum Gasteiger partial charge on any atom is -0.481 e. The first-order chi connectivity index (χ1) is 29.0. The van der Waals surface area contributed by atoms with Crippen molar-refractivity contribution in [2.75, 3.05) is 13.2 Å². The number of ether oxygens (including phenoxy) is 6. The van der Waals surface area contributed by atoms with E-state index < -0.39 is 104 Å². The summed E-state index contributed by atoms with van der Waals surface area (Å²) in [4.78, 5) is 13.1. The van der Waals surface area contributed by atoms with E-state index in [9.17, 15) is 50.8 Å². The molecule has 3 aliphatic heterocycles. The van der Waals surface area contributed by atoms with Gasteiger partial charge in [0.15, 0.2) is 18.9 Å². The molecular formula is C46H74O16. The van der Waals surface area contributed by atoms with Crippen LogP contribution < -0.4 is 0 Å². The molecule has 0 aromatic heterocycles. The van der Waals surface area contributed by atoms with Crippen LogP contribution in [0.2, 0.25) is 0 Å². The molecule has 0 radical (unpaired) electrons. The van der Waals surface area contributed by atoms with Gasteiger partial charge in [-0.25, -0.2) is 0 Å². The Kier molecular flexibility index (Phi) is 12.7. The second-order valence-corrected chi connectivity index (χ2v) is 22.2. The summed E-state index contributed by atoms with van der Waals surface area (Å²) in [5.74, 6) is 0.186. The molecule has 0 unspecified atom stereocenters.